The molecule has 0 unspecified atom stereocenters. The van der Waals surface area contributed by atoms with Crippen molar-refractivity contribution >= 4 is 11.9 Å². The van der Waals surface area contributed by atoms with Crippen LogP contribution in [0, 0.1) is 17.7 Å². The van der Waals surface area contributed by atoms with E-state index in [4.69, 9.17) is 0 Å². The molecule has 0 radical (unpaired) electrons. The summed E-state index contributed by atoms with van der Waals surface area (Å²) >= 11 is 0. The molecule has 26 heavy (non-hydrogen) atoms. The number of hydrogen-bond acceptors (Lipinski definition) is 3. The number of carbonyl (C=O) groups is 2. The summed E-state index contributed by atoms with van der Waals surface area (Å²) in [5.41, 5.74) is 0.643. The Bertz CT molecular complexity index is 599. The first-order valence-electron chi connectivity index (χ1n) is 9.10. The second-order valence-corrected chi connectivity index (χ2v) is 7.06. The Morgan fingerprint density at radius 2 is 1.85 bits per heavy atom. The van der Waals surface area contributed by atoms with Gasteiger partial charge in [0, 0.05) is 25.6 Å². The topological polar surface area (TPSA) is 81.7 Å². The van der Waals surface area contributed by atoms with Crippen LogP contribution in [0.4, 0.5) is 9.18 Å². The van der Waals surface area contributed by atoms with Crippen molar-refractivity contribution < 1.29 is 19.1 Å². The third-order valence-corrected chi connectivity index (χ3v) is 4.73. The van der Waals surface area contributed by atoms with Gasteiger partial charge in [-0.05, 0) is 36.5 Å². The second kappa shape index (κ2) is 9.52. The van der Waals surface area contributed by atoms with Gasteiger partial charge in [-0.1, -0.05) is 26.0 Å². The van der Waals surface area contributed by atoms with Crippen LogP contribution in [0.15, 0.2) is 24.3 Å². The Labute approximate surface area is 153 Å². The second-order valence-electron chi connectivity index (χ2n) is 7.06. The van der Waals surface area contributed by atoms with Gasteiger partial charge in [0.25, 0.3) is 0 Å². The van der Waals surface area contributed by atoms with Gasteiger partial charge in [0.2, 0.25) is 5.91 Å². The molecular weight excluding hydrogens is 337 g/mol. The number of rotatable bonds is 6. The number of piperidine rings is 1. The molecule has 3 N–H and O–H groups in total. The lowest BCUT2D eigenvalue weighted by atomic mass is 9.96. The molecule has 1 saturated heterocycles. The van der Waals surface area contributed by atoms with Crippen molar-refractivity contribution in [2.75, 3.05) is 26.2 Å². The number of nitrogens with zero attached hydrogens (tertiary/aromatic N) is 1. The van der Waals surface area contributed by atoms with Crippen LogP contribution < -0.4 is 10.6 Å². The molecular formula is C19H28FN3O3. The molecule has 0 saturated carbocycles. The highest BCUT2D eigenvalue weighted by Crippen LogP contribution is 2.18. The van der Waals surface area contributed by atoms with E-state index < -0.39 is 6.04 Å². The first-order valence-corrected chi connectivity index (χ1v) is 9.10. The summed E-state index contributed by atoms with van der Waals surface area (Å²) in [7, 11) is 0. The Balaban J connectivity index is 1.75. The Hall–Kier alpha value is -2.15. The largest absolute Gasteiger partial charge is 0.394 e. The standard InChI is InChI=1S/C19H28FN3O3/c1-13(2)18(25)23-9-7-14(8-10-23)11-21-19(26)22-17(12-24)15-3-5-16(20)6-4-15/h3-6,13-14,17,24H,7-12H2,1-2H3,(H2,21,22,26)/t17-/m1/s1. The highest BCUT2D eigenvalue weighted by atomic mass is 19.1. The molecule has 7 heteroatoms. The van der Waals surface area contributed by atoms with Crippen molar-refractivity contribution in [3.8, 4) is 0 Å². The van der Waals surface area contributed by atoms with Gasteiger partial charge in [0.05, 0.1) is 12.6 Å². The summed E-state index contributed by atoms with van der Waals surface area (Å²) in [6, 6.07) is 4.72. The van der Waals surface area contributed by atoms with Crippen LogP contribution in [0.3, 0.4) is 0 Å². The van der Waals surface area contributed by atoms with Crippen LogP contribution in [0.1, 0.15) is 38.3 Å². The van der Waals surface area contributed by atoms with E-state index in [-0.39, 0.29) is 30.3 Å². The number of urea groups is 1. The summed E-state index contributed by atoms with van der Waals surface area (Å²) in [5.74, 6) is 0.157. The van der Waals surface area contributed by atoms with Crippen molar-refractivity contribution in [3.05, 3.63) is 35.6 Å². The molecule has 1 aliphatic heterocycles. The predicted molar refractivity (Wildman–Crippen MR) is 96.9 cm³/mol. The van der Waals surface area contributed by atoms with Crippen LogP contribution >= 0.6 is 0 Å². The van der Waals surface area contributed by atoms with Gasteiger partial charge in [-0.25, -0.2) is 9.18 Å². The highest BCUT2D eigenvalue weighted by molar-refractivity contribution is 5.78. The van der Waals surface area contributed by atoms with Gasteiger partial charge in [0.1, 0.15) is 5.82 Å². The summed E-state index contributed by atoms with van der Waals surface area (Å²) in [4.78, 5) is 26.0. The first kappa shape index (κ1) is 20.2. The minimum absolute atomic E-state index is 0.0114. The maximum atomic E-state index is 13.0. The van der Waals surface area contributed by atoms with Crippen LogP contribution in [0.25, 0.3) is 0 Å². The number of amides is 3. The zero-order valence-corrected chi connectivity index (χ0v) is 15.4. The van der Waals surface area contributed by atoms with E-state index in [2.05, 4.69) is 10.6 Å². The van der Waals surface area contributed by atoms with E-state index in [1.165, 1.54) is 24.3 Å². The molecule has 0 aliphatic carbocycles. The lowest BCUT2D eigenvalue weighted by molar-refractivity contribution is -0.135. The Morgan fingerprint density at radius 1 is 1.23 bits per heavy atom. The number of nitrogens with one attached hydrogen (secondary N) is 2. The molecule has 1 atom stereocenters. The van der Waals surface area contributed by atoms with Gasteiger partial charge in [-0.2, -0.15) is 0 Å². The molecule has 1 aliphatic rings. The average Bonchev–Trinajstić information content (AvgIpc) is 2.65. The van der Waals surface area contributed by atoms with E-state index in [0.29, 0.717) is 18.0 Å². The van der Waals surface area contributed by atoms with E-state index in [9.17, 15) is 19.1 Å². The minimum atomic E-state index is -0.582. The molecule has 1 aromatic rings. The van der Waals surface area contributed by atoms with Gasteiger partial charge in [0.15, 0.2) is 0 Å². The number of halogens is 1. The fraction of sp³-hybridized carbons (Fsp3) is 0.579. The van der Waals surface area contributed by atoms with Gasteiger partial charge >= 0.3 is 6.03 Å². The lowest BCUT2D eigenvalue weighted by Gasteiger charge is -2.33. The summed E-state index contributed by atoms with van der Waals surface area (Å²) in [5, 5.41) is 15.0. The third-order valence-electron chi connectivity index (χ3n) is 4.73. The Morgan fingerprint density at radius 3 is 2.38 bits per heavy atom. The maximum absolute atomic E-state index is 13.0. The maximum Gasteiger partial charge on any atom is 0.315 e. The number of hydrogen-bond donors (Lipinski definition) is 3. The molecule has 1 aromatic carbocycles. The number of carbonyl (C=O) groups excluding carboxylic acids is 2. The number of likely N-dealkylation sites (tertiary alicyclic amines) is 1. The zero-order chi connectivity index (χ0) is 19.1. The van der Waals surface area contributed by atoms with Crippen molar-refractivity contribution in [3.63, 3.8) is 0 Å². The summed E-state index contributed by atoms with van der Waals surface area (Å²) < 4.78 is 13.0. The van der Waals surface area contributed by atoms with Crippen molar-refractivity contribution in [2.45, 2.75) is 32.7 Å². The average molecular weight is 365 g/mol. The SMILES string of the molecule is CC(C)C(=O)N1CCC(CNC(=O)N[C@H](CO)c2ccc(F)cc2)CC1. The van der Waals surface area contributed by atoms with Crippen LogP contribution in [-0.4, -0.2) is 48.2 Å². The van der Waals surface area contributed by atoms with Crippen molar-refractivity contribution in [1.82, 2.24) is 15.5 Å². The quantitative estimate of drug-likeness (QED) is 0.722. The van der Waals surface area contributed by atoms with Crippen LogP contribution in [0.2, 0.25) is 0 Å². The predicted octanol–water partition coefficient (Wildman–Crippen LogP) is 2.05. The van der Waals surface area contributed by atoms with E-state index in [1.807, 2.05) is 18.7 Å². The number of benzene rings is 1. The molecule has 3 amide bonds. The molecule has 0 bridgehead atoms. The normalized spacial score (nSPS) is 16.4. The van der Waals surface area contributed by atoms with E-state index in [1.54, 1.807) is 0 Å². The smallest absolute Gasteiger partial charge is 0.315 e. The molecule has 0 spiro atoms. The molecule has 6 nitrogen and oxygen atoms in total. The van der Waals surface area contributed by atoms with Crippen molar-refractivity contribution in [1.29, 1.82) is 0 Å². The fourth-order valence-corrected chi connectivity index (χ4v) is 3.10. The zero-order valence-electron chi connectivity index (χ0n) is 15.4. The van der Waals surface area contributed by atoms with Crippen LogP contribution in [-0.2, 0) is 4.79 Å². The van der Waals surface area contributed by atoms with Gasteiger partial charge < -0.3 is 20.6 Å². The highest BCUT2D eigenvalue weighted by Gasteiger charge is 2.24. The molecule has 144 valence electrons. The van der Waals surface area contributed by atoms with Crippen LogP contribution in [0.5, 0.6) is 0 Å². The monoisotopic (exact) mass is 365 g/mol. The minimum Gasteiger partial charge on any atom is -0.394 e. The molecule has 1 heterocycles. The lowest BCUT2D eigenvalue weighted by Crippen LogP contribution is -2.45. The number of aliphatic hydroxyl groups is 1. The molecule has 2 rings (SSSR count). The van der Waals surface area contributed by atoms with Gasteiger partial charge in [-0.15, -0.1) is 0 Å². The molecule has 1 fully saturated rings. The fourth-order valence-electron chi connectivity index (χ4n) is 3.10. The van der Waals surface area contributed by atoms with Crippen molar-refractivity contribution in [2.24, 2.45) is 11.8 Å². The summed E-state index contributed by atoms with van der Waals surface area (Å²) in [6.45, 7) is 5.50. The summed E-state index contributed by atoms with van der Waals surface area (Å²) in [6.07, 6.45) is 1.72. The Kier molecular flexibility index (Phi) is 7.38. The van der Waals surface area contributed by atoms with E-state index in [0.717, 1.165) is 25.9 Å². The molecule has 0 aromatic heterocycles. The van der Waals surface area contributed by atoms with Gasteiger partial charge in [-0.3, -0.25) is 4.79 Å². The first-order chi connectivity index (χ1) is 12.4. The third kappa shape index (κ3) is 5.69. The number of aliphatic hydroxyl groups excluding tert-OH is 1. The van der Waals surface area contributed by atoms with E-state index >= 15 is 0 Å².